The van der Waals surface area contributed by atoms with Crippen molar-refractivity contribution in [2.24, 2.45) is 0 Å². The highest BCUT2D eigenvalue weighted by Crippen LogP contribution is 2.30. The third kappa shape index (κ3) is 5.00. The van der Waals surface area contributed by atoms with E-state index in [0.29, 0.717) is 17.7 Å². The van der Waals surface area contributed by atoms with Crippen LogP contribution in [0.15, 0.2) is 65.9 Å². The molecule has 2 aromatic rings. The summed E-state index contributed by atoms with van der Waals surface area (Å²) in [5.74, 6) is -0.412. The second-order valence-corrected chi connectivity index (χ2v) is 7.66. The van der Waals surface area contributed by atoms with Crippen LogP contribution in [0.25, 0.3) is 0 Å². The van der Waals surface area contributed by atoms with E-state index in [4.69, 9.17) is 4.74 Å². The van der Waals surface area contributed by atoms with E-state index in [-0.39, 0.29) is 12.1 Å². The van der Waals surface area contributed by atoms with Gasteiger partial charge in [-0.1, -0.05) is 49.4 Å². The minimum atomic E-state index is -0.548. The number of carbonyl (C=O) groups is 2. The van der Waals surface area contributed by atoms with Crippen molar-refractivity contribution in [2.75, 3.05) is 11.9 Å². The van der Waals surface area contributed by atoms with Crippen LogP contribution in [-0.2, 0) is 16.1 Å². The molecular formula is C24H29N3O3. The molecule has 0 aliphatic carbocycles. The predicted molar refractivity (Wildman–Crippen MR) is 118 cm³/mol. The van der Waals surface area contributed by atoms with Crippen molar-refractivity contribution in [3.8, 4) is 0 Å². The molecule has 6 nitrogen and oxygen atoms in total. The van der Waals surface area contributed by atoms with Crippen LogP contribution in [0, 0.1) is 0 Å². The largest absolute Gasteiger partial charge is 0.459 e. The summed E-state index contributed by atoms with van der Waals surface area (Å²) in [4.78, 5) is 27.1. The molecule has 1 unspecified atom stereocenters. The molecule has 2 amide bonds. The Labute approximate surface area is 177 Å². The van der Waals surface area contributed by atoms with Crippen molar-refractivity contribution in [1.82, 2.24) is 10.6 Å². The van der Waals surface area contributed by atoms with Crippen LogP contribution in [0.4, 0.5) is 10.5 Å². The molecular weight excluding hydrogens is 378 g/mol. The molecule has 158 valence electrons. The van der Waals surface area contributed by atoms with Gasteiger partial charge in [0.25, 0.3) is 0 Å². The zero-order valence-corrected chi connectivity index (χ0v) is 17.9. The fraction of sp³-hybridized carbons (Fsp3) is 0.333. The summed E-state index contributed by atoms with van der Waals surface area (Å²) in [6.45, 7) is 6.31. The third-order valence-corrected chi connectivity index (χ3v) is 5.00. The minimum Gasteiger partial charge on any atom is -0.459 e. The second-order valence-electron chi connectivity index (χ2n) is 7.66. The van der Waals surface area contributed by atoms with Gasteiger partial charge in [-0.05, 0) is 43.5 Å². The smallest absolute Gasteiger partial charge is 0.338 e. The molecule has 0 fully saturated rings. The minimum absolute atomic E-state index is 0.240. The van der Waals surface area contributed by atoms with E-state index in [1.165, 1.54) is 5.56 Å². The van der Waals surface area contributed by atoms with E-state index in [2.05, 4.69) is 27.7 Å². The number of nitrogens with one attached hydrogen (secondary N) is 2. The van der Waals surface area contributed by atoms with E-state index in [1.807, 2.05) is 70.3 Å². The highest BCUT2D eigenvalue weighted by atomic mass is 16.5. The Morgan fingerprint density at radius 1 is 1.10 bits per heavy atom. The van der Waals surface area contributed by atoms with Gasteiger partial charge in [-0.15, -0.1) is 0 Å². The molecule has 3 rings (SSSR count). The van der Waals surface area contributed by atoms with Gasteiger partial charge in [0, 0.05) is 25.0 Å². The van der Waals surface area contributed by atoms with Gasteiger partial charge >= 0.3 is 12.0 Å². The summed E-state index contributed by atoms with van der Waals surface area (Å²) in [6.07, 6.45) is 0.292. The molecule has 0 saturated carbocycles. The van der Waals surface area contributed by atoms with Gasteiger partial charge in [0.15, 0.2) is 0 Å². The van der Waals surface area contributed by atoms with E-state index < -0.39 is 12.0 Å². The van der Waals surface area contributed by atoms with Gasteiger partial charge in [0.2, 0.25) is 0 Å². The number of benzene rings is 2. The molecule has 0 spiro atoms. The van der Waals surface area contributed by atoms with Crippen LogP contribution < -0.4 is 15.5 Å². The van der Waals surface area contributed by atoms with Crippen LogP contribution in [0.1, 0.15) is 44.4 Å². The number of ether oxygens (including phenoxy) is 1. The summed E-state index contributed by atoms with van der Waals surface area (Å²) in [6, 6.07) is 17.3. The number of nitrogens with zero attached hydrogens (tertiary/aromatic N) is 1. The van der Waals surface area contributed by atoms with Gasteiger partial charge in [0.1, 0.15) is 0 Å². The molecule has 6 heteroatoms. The molecule has 1 aliphatic heterocycles. The predicted octanol–water partition coefficient (Wildman–Crippen LogP) is 4.29. The number of hydrogen-bond acceptors (Lipinski definition) is 4. The highest BCUT2D eigenvalue weighted by molar-refractivity contribution is 5.95. The fourth-order valence-electron chi connectivity index (χ4n) is 3.54. The zero-order chi connectivity index (χ0) is 21.7. The van der Waals surface area contributed by atoms with Crippen LogP contribution in [0.2, 0.25) is 0 Å². The van der Waals surface area contributed by atoms with Crippen LogP contribution >= 0.6 is 0 Å². The lowest BCUT2D eigenvalue weighted by molar-refractivity contribution is -0.143. The normalized spacial score (nSPS) is 16.2. The number of rotatable bonds is 7. The fourth-order valence-corrected chi connectivity index (χ4v) is 3.54. The summed E-state index contributed by atoms with van der Waals surface area (Å²) in [5, 5.41) is 5.61. The molecule has 0 saturated heterocycles. The quantitative estimate of drug-likeness (QED) is 0.672. The van der Waals surface area contributed by atoms with Gasteiger partial charge in [-0.25, -0.2) is 9.59 Å². The Kier molecular flexibility index (Phi) is 6.77. The maximum absolute atomic E-state index is 12.8. The first kappa shape index (κ1) is 21.4. The average molecular weight is 408 g/mol. The molecule has 2 aromatic carbocycles. The van der Waals surface area contributed by atoms with Crippen molar-refractivity contribution in [3.63, 3.8) is 0 Å². The Morgan fingerprint density at radius 2 is 1.77 bits per heavy atom. The lowest BCUT2D eigenvalue weighted by atomic mass is 9.94. The Balaban J connectivity index is 1.85. The molecule has 30 heavy (non-hydrogen) atoms. The van der Waals surface area contributed by atoms with Gasteiger partial charge in [0.05, 0.1) is 17.7 Å². The van der Waals surface area contributed by atoms with Crippen molar-refractivity contribution < 1.29 is 14.3 Å². The summed E-state index contributed by atoms with van der Waals surface area (Å²) < 4.78 is 5.44. The number of anilines is 1. The Bertz CT molecular complexity index is 920. The maximum atomic E-state index is 12.8. The van der Waals surface area contributed by atoms with Crippen molar-refractivity contribution >= 4 is 17.7 Å². The highest BCUT2D eigenvalue weighted by Gasteiger charge is 2.33. The molecule has 1 aliphatic rings. The summed E-state index contributed by atoms with van der Waals surface area (Å²) >= 11 is 0. The average Bonchev–Trinajstić information content (AvgIpc) is 2.73. The molecule has 1 heterocycles. The molecule has 1 atom stereocenters. The second kappa shape index (κ2) is 9.48. The zero-order valence-electron chi connectivity index (χ0n) is 17.9. The Morgan fingerprint density at radius 3 is 2.37 bits per heavy atom. The van der Waals surface area contributed by atoms with Crippen LogP contribution in [0.5, 0.6) is 0 Å². The number of urea groups is 1. The van der Waals surface area contributed by atoms with E-state index in [1.54, 1.807) is 0 Å². The van der Waals surface area contributed by atoms with Crippen LogP contribution in [-0.4, -0.2) is 25.2 Å². The maximum Gasteiger partial charge on any atom is 0.338 e. The topological polar surface area (TPSA) is 70.7 Å². The summed E-state index contributed by atoms with van der Waals surface area (Å²) in [5.41, 5.74) is 4.16. The third-order valence-electron chi connectivity index (χ3n) is 5.00. The standard InChI is InChI=1S/C24H29N3O3/c1-5-20-21(23(28)30-16(2)3)22(26-24(29)25-20)18-11-13-19(14-12-18)27(4)15-17-9-7-6-8-10-17/h6-14,16,22H,5,15H2,1-4H3,(H2,25,26,29). The number of hydrogen-bond donors (Lipinski definition) is 2. The molecule has 2 N–H and O–H groups in total. The van der Waals surface area contributed by atoms with Crippen molar-refractivity contribution in [2.45, 2.75) is 45.9 Å². The molecule has 0 bridgehead atoms. The first-order chi connectivity index (χ1) is 14.4. The van der Waals surface area contributed by atoms with Gasteiger partial charge in [-0.3, -0.25) is 0 Å². The van der Waals surface area contributed by atoms with Crippen molar-refractivity contribution in [1.29, 1.82) is 0 Å². The number of allylic oxidation sites excluding steroid dienone is 1. The SMILES string of the molecule is CCC1=C(C(=O)OC(C)C)C(c2ccc(N(C)Cc3ccccc3)cc2)NC(=O)N1. The van der Waals surface area contributed by atoms with Crippen LogP contribution in [0.3, 0.4) is 0 Å². The monoisotopic (exact) mass is 407 g/mol. The van der Waals surface area contributed by atoms with Crippen molar-refractivity contribution in [3.05, 3.63) is 77.0 Å². The van der Waals surface area contributed by atoms with E-state index >= 15 is 0 Å². The summed E-state index contributed by atoms with van der Waals surface area (Å²) in [7, 11) is 2.04. The number of amides is 2. The van der Waals surface area contributed by atoms with E-state index in [9.17, 15) is 9.59 Å². The lowest BCUT2D eigenvalue weighted by Crippen LogP contribution is -2.46. The van der Waals surface area contributed by atoms with E-state index in [0.717, 1.165) is 17.8 Å². The Hall–Kier alpha value is -3.28. The molecule has 0 aromatic heterocycles. The first-order valence-corrected chi connectivity index (χ1v) is 10.3. The first-order valence-electron chi connectivity index (χ1n) is 10.3. The lowest BCUT2D eigenvalue weighted by Gasteiger charge is -2.30. The van der Waals surface area contributed by atoms with Gasteiger partial charge < -0.3 is 20.3 Å². The number of carbonyl (C=O) groups excluding carboxylic acids is 2. The number of esters is 1. The molecule has 0 radical (unpaired) electrons. The van der Waals surface area contributed by atoms with Gasteiger partial charge in [-0.2, -0.15) is 0 Å².